The van der Waals surface area contributed by atoms with Crippen LogP contribution >= 0.6 is 0 Å². The Bertz CT molecular complexity index is 708. The van der Waals surface area contributed by atoms with E-state index >= 15 is 0 Å². The maximum Gasteiger partial charge on any atom is 0.222 e. The van der Waals surface area contributed by atoms with Crippen LogP contribution in [0.25, 0.3) is 0 Å². The van der Waals surface area contributed by atoms with Gasteiger partial charge in [-0.15, -0.1) is 0 Å². The van der Waals surface area contributed by atoms with Crippen LogP contribution in [0, 0.1) is 5.82 Å². The molecular formula is C21H25FN2O2. The van der Waals surface area contributed by atoms with Crippen molar-refractivity contribution in [2.75, 3.05) is 33.3 Å². The minimum absolute atomic E-state index is 0.207. The normalized spacial score (nSPS) is 15.1. The number of halogens is 1. The number of rotatable bonds is 6. The molecular weight excluding hydrogens is 331 g/mol. The highest BCUT2D eigenvalue weighted by molar-refractivity contribution is 5.76. The van der Waals surface area contributed by atoms with Crippen molar-refractivity contribution in [1.82, 2.24) is 9.80 Å². The molecule has 1 saturated heterocycles. The lowest BCUT2D eigenvalue weighted by Gasteiger charge is -2.34. The standard InChI is InChI=1S/C21H25FN2O2/c1-26-20-9-4-17(5-10-20)6-11-21(25)24-14-12-23(13-15-24)16-18-2-7-19(22)8-3-18/h2-5,7-10H,6,11-16H2,1H3. The second kappa shape index (κ2) is 8.81. The Kier molecular flexibility index (Phi) is 6.23. The minimum Gasteiger partial charge on any atom is -0.497 e. The number of carbonyl (C=O) groups excluding carboxylic acids is 1. The average molecular weight is 356 g/mol. The fraction of sp³-hybridized carbons (Fsp3) is 0.381. The molecule has 0 radical (unpaired) electrons. The van der Waals surface area contributed by atoms with E-state index in [1.54, 1.807) is 7.11 Å². The van der Waals surface area contributed by atoms with Crippen molar-refractivity contribution in [3.63, 3.8) is 0 Å². The third-order valence-electron chi connectivity index (χ3n) is 4.83. The summed E-state index contributed by atoms with van der Waals surface area (Å²) in [5, 5.41) is 0. The molecule has 0 unspecified atom stereocenters. The SMILES string of the molecule is COc1ccc(CCC(=O)N2CCN(Cc3ccc(F)cc3)CC2)cc1. The summed E-state index contributed by atoms with van der Waals surface area (Å²) in [7, 11) is 1.65. The molecule has 2 aromatic carbocycles. The van der Waals surface area contributed by atoms with Gasteiger partial charge in [0.15, 0.2) is 0 Å². The molecule has 0 aromatic heterocycles. The van der Waals surface area contributed by atoms with Gasteiger partial charge < -0.3 is 9.64 Å². The molecule has 0 saturated carbocycles. The van der Waals surface area contributed by atoms with Gasteiger partial charge in [-0.25, -0.2) is 4.39 Å². The van der Waals surface area contributed by atoms with Crippen molar-refractivity contribution in [2.45, 2.75) is 19.4 Å². The van der Waals surface area contributed by atoms with Gasteiger partial charge in [-0.05, 0) is 41.8 Å². The zero-order valence-electron chi connectivity index (χ0n) is 15.2. The van der Waals surface area contributed by atoms with Gasteiger partial charge in [0.05, 0.1) is 7.11 Å². The van der Waals surface area contributed by atoms with Crippen LogP contribution < -0.4 is 4.74 Å². The number of amides is 1. The van der Waals surface area contributed by atoms with Crippen LogP contribution in [0.15, 0.2) is 48.5 Å². The third kappa shape index (κ3) is 5.05. The fourth-order valence-corrected chi connectivity index (χ4v) is 3.20. The molecule has 2 aromatic rings. The van der Waals surface area contributed by atoms with Crippen molar-refractivity contribution in [3.05, 3.63) is 65.5 Å². The van der Waals surface area contributed by atoms with Gasteiger partial charge in [-0.1, -0.05) is 24.3 Å². The maximum absolute atomic E-state index is 13.0. The zero-order valence-corrected chi connectivity index (χ0v) is 15.2. The molecule has 5 heteroatoms. The summed E-state index contributed by atoms with van der Waals surface area (Å²) in [6.45, 7) is 4.01. The van der Waals surface area contributed by atoms with Gasteiger partial charge in [-0.3, -0.25) is 9.69 Å². The fourth-order valence-electron chi connectivity index (χ4n) is 3.20. The van der Waals surface area contributed by atoms with Gasteiger partial charge in [0.2, 0.25) is 5.91 Å². The third-order valence-corrected chi connectivity index (χ3v) is 4.83. The summed E-state index contributed by atoms with van der Waals surface area (Å²) in [6.07, 6.45) is 1.28. The first kappa shape index (κ1) is 18.4. The molecule has 0 N–H and O–H groups in total. The number of carbonyl (C=O) groups is 1. The Labute approximate surface area is 154 Å². The van der Waals surface area contributed by atoms with Crippen LogP contribution in [-0.4, -0.2) is 49.0 Å². The molecule has 1 fully saturated rings. The Morgan fingerprint density at radius 3 is 2.19 bits per heavy atom. The summed E-state index contributed by atoms with van der Waals surface area (Å²) in [5.41, 5.74) is 2.25. The summed E-state index contributed by atoms with van der Waals surface area (Å²) in [4.78, 5) is 16.7. The lowest BCUT2D eigenvalue weighted by molar-refractivity contribution is -0.133. The zero-order chi connectivity index (χ0) is 18.4. The van der Waals surface area contributed by atoms with Crippen LogP contribution in [-0.2, 0) is 17.8 Å². The summed E-state index contributed by atoms with van der Waals surface area (Å²) in [5.74, 6) is 0.834. The molecule has 138 valence electrons. The largest absolute Gasteiger partial charge is 0.497 e. The number of benzene rings is 2. The Balaban J connectivity index is 1.42. The van der Waals surface area contributed by atoms with Crippen molar-refractivity contribution < 1.29 is 13.9 Å². The first-order chi connectivity index (χ1) is 12.6. The molecule has 0 bridgehead atoms. The number of ether oxygens (including phenoxy) is 1. The highest BCUT2D eigenvalue weighted by Gasteiger charge is 2.20. The predicted molar refractivity (Wildman–Crippen MR) is 99.6 cm³/mol. The maximum atomic E-state index is 13.0. The number of hydrogen-bond acceptors (Lipinski definition) is 3. The number of methoxy groups -OCH3 is 1. The molecule has 0 spiro atoms. The minimum atomic E-state index is -0.207. The Morgan fingerprint density at radius 1 is 0.962 bits per heavy atom. The van der Waals surface area contributed by atoms with E-state index in [1.807, 2.05) is 41.3 Å². The van der Waals surface area contributed by atoms with Crippen LogP contribution in [0.4, 0.5) is 4.39 Å². The quantitative estimate of drug-likeness (QED) is 0.797. The lowest BCUT2D eigenvalue weighted by Crippen LogP contribution is -2.48. The predicted octanol–water partition coefficient (Wildman–Crippen LogP) is 3.11. The Morgan fingerprint density at radius 2 is 1.58 bits per heavy atom. The van der Waals surface area contributed by atoms with Crippen molar-refractivity contribution in [1.29, 1.82) is 0 Å². The van der Waals surface area contributed by atoms with E-state index in [2.05, 4.69) is 4.90 Å². The lowest BCUT2D eigenvalue weighted by atomic mass is 10.1. The number of hydrogen-bond donors (Lipinski definition) is 0. The van der Waals surface area contributed by atoms with E-state index in [9.17, 15) is 9.18 Å². The van der Waals surface area contributed by atoms with E-state index < -0.39 is 0 Å². The molecule has 1 aliphatic rings. The summed E-state index contributed by atoms with van der Waals surface area (Å²) >= 11 is 0. The van der Waals surface area contributed by atoms with Crippen LogP contribution in [0.1, 0.15) is 17.5 Å². The van der Waals surface area contributed by atoms with E-state index in [1.165, 1.54) is 12.1 Å². The molecule has 26 heavy (non-hydrogen) atoms. The van der Waals surface area contributed by atoms with Crippen LogP contribution in [0.2, 0.25) is 0 Å². The second-order valence-electron chi connectivity index (χ2n) is 6.63. The monoisotopic (exact) mass is 356 g/mol. The smallest absolute Gasteiger partial charge is 0.222 e. The highest BCUT2D eigenvalue weighted by atomic mass is 19.1. The van der Waals surface area contributed by atoms with Crippen LogP contribution in [0.5, 0.6) is 5.75 Å². The summed E-state index contributed by atoms with van der Waals surface area (Å²) in [6, 6.07) is 14.5. The first-order valence-electron chi connectivity index (χ1n) is 9.01. The van der Waals surface area contributed by atoms with E-state index in [4.69, 9.17) is 4.74 Å². The molecule has 3 rings (SSSR count). The van der Waals surface area contributed by atoms with Crippen molar-refractivity contribution in [2.24, 2.45) is 0 Å². The van der Waals surface area contributed by atoms with Crippen molar-refractivity contribution in [3.8, 4) is 5.75 Å². The molecule has 1 amide bonds. The van der Waals surface area contributed by atoms with Gasteiger partial charge in [0.25, 0.3) is 0 Å². The van der Waals surface area contributed by atoms with Crippen LogP contribution in [0.3, 0.4) is 0 Å². The second-order valence-corrected chi connectivity index (χ2v) is 6.63. The Hall–Kier alpha value is -2.40. The highest BCUT2D eigenvalue weighted by Crippen LogP contribution is 2.14. The topological polar surface area (TPSA) is 32.8 Å². The molecule has 1 heterocycles. The number of piperazine rings is 1. The molecule has 0 atom stereocenters. The molecule has 0 aliphatic carbocycles. The molecule has 1 aliphatic heterocycles. The summed E-state index contributed by atoms with van der Waals surface area (Å²) < 4.78 is 18.1. The van der Waals surface area contributed by atoms with Gasteiger partial charge in [-0.2, -0.15) is 0 Å². The first-order valence-corrected chi connectivity index (χ1v) is 9.01. The van der Waals surface area contributed by atoms with E-state index in [0.717, 1.165) is 56.0 Å². The van der Waals surface area contributed by atoms with Gasteiger partial charge in [0, 0.05) is 39.1 Å². The average Bonchev–Trinajstić information content (AvgIpc) is 2.69. The number of aryl methyl sites for hydroxylation is 1. The van der Waals surface area contributed by atoms with E-state index in [0.29, 0.717) is 6.42 Å². The van der Waals surface area contributed by atoms with E-state index in [-0.39, 0.29) is 11.7 Å². The van der Waals surface area contributed by atoms with Gasteiger partial charge >= 0.3 is 0 Å². The number of nitrogens with zero attached hydrogens (tertiary/aromatic N) is 2. The molecule has 4 nitrogen and oxygen atoms in total. The van der Waals surface area contributed by atoms with Gasteiger partial charge in [0.1, 0.15) is 11.6 Å². The van der Waals surface area contributed by atoms with Crippen molar-refractivity contribution >= 4 is 5.91 Å².